The third-order valence-electron chi connectivity index (χ3n) is 6.72. The third kappa shape index (κ3) is 3.04. The minimum absolute atomic E-state index is 0.0768. The fraction of sp³-hybridized carbons (Fsp3) is 0.172. The van der Waals surface area contributed by atoms with E-state index in [1.54, 1.807) is 0 Å². The number of allylic oxidation sites excluding steroid dienone is 2. The van der Waals surface area contributed by atoms with Crippen molar-refractivity contribution in [2.75, 3.05) is 5.32 Å². The molecule has 3 aromatic carbocycles. The minimum Gasteiger partial charge on any atom is -0.358 e. The summed E-state index contributed by atoms with van der Waals surface area (Å²) in [7, 11) is 0. The van der Waals surface area contributed by atoms with Crippen LogP contribution in [0.5, 0.6) is 0 Å². The maximum atomic E-state index is 13.2. The van der Waals surface area contributed by atoms with Gasteiger partial charge in [-0.3, -0.25) is 9.78 Å². The van der Waals surface area contributed by atoms with Crippen LogP contribution in [-0.2, 0) is 4.79 Å². The number of rotatable bonds is 2. The summed E-state index contributed by atoms with van der Waals surface area (Å²) in [6.45, 7) is 2.02. The highest BCUT2D eigenvalue weighted by atomic mass is 16.1. The Morgan fingerprint density at radius 1 is 0.844 bits per heavy atom. The van der Waals surface area contributed by atoms with Gasteiger partial charge in [0.25, 0.3) is 0 Å². The van der Waals surface area contributed by atoms with E-state index in [0.29, 0.717) is 6.42 Å². The predicted octanol–water partition coefficient (Wildman–Crippen LogP) is 6.77. The van der Waals surface area contributed by atoms with Gasteiger partial charge in [0.1, 0.15) is 0 Å². The molecule has 0 unspecified atom stereocenters. The van der Waals surface area contributed by atoms with Gasteiger partial charge < -0.3 is 5.32 Å². The van der Waals surface area contributed by atoms with Gasteiger partial charge in [0.05, 0.1) is 5.52 Å². The second-order valence-corrected chi connectivity index (χ2v) is 8.76. The molecular weight excluding hydrogens is 392 g/mol. The lowest BCUT2D eigenvalue weighted by Crippen LogP contribution is -2.27. The number of aromatic nitrogens is 1. The van der Waals surface area contributed by atoms with Crippen LogP contribution in [-0.4, -0.2) is 10.8 Å². The summed E-state index contributed by atoms with van der Waals surface area (Å²) in [5.74, 6) is 0.186. The molecule has 1 aliphatic carbocycles. The zero-order valence-corrected chi connectivity index (χ0v) is 18.1. The average molecular weight is 417 g/mol. The van der Waals surface area contributed by atoms with E-state index in [1.807, 2.05) is 13.0 Å². The topological polar surface area (TPSA) is 42.0 Å². The number of hydrogen-bond acceptors (Lipinski definition) is 3. The average Bonchev–Trinajstić information content (AvgIpc) is 2.83. The summed E-state index contributed by atoms with van der Waals surface area (Å²) in [5.41, 5.74) is 9.79. The van der Waals surface area contributed by atoms with Crippen molar-refractivity contribution in [1.29, 1.82) is 0 Å². The highest BCUT2D eigenvalue weighted by Gasteiger charge is 2.36. The fourth-order valence-corrected chi connectivity index (χ4v) is 5.22. The first kappa shape index (κ1) is 19.0. The quantitative estimate of drug-likeness (QED) is 0.392. The van der Waals surface area contributed by atoms with Gasteiger partial charge in [-0.1, -0.05) is 60.7 Å². The van der Waals surface area contributed by atoms with E-state index in [-0.39, 0.29) is 11.7 Å². The lowest BCUT2D eigenvalue weighted by molar-refractivity contribution is -0.116. The molecule has 0 amide bonds. The van der Waals surface area contributed by atoms with Crippen molar-refractivity contribution in [3.05, 3.63) is 107 Å². The van der Waals surface area contributed by atoms with Crippen molar-refractivity contribution >= 4 is 22.4 Å². The Morgan fingerprint density at radius 3 is 2.44 bits per heavy atom. The Balaban J connectivity index is 1.56. The molecule has 0 bridgehead atoms. The van der Waals surface area contributed by atoms with Crippen LogP contribution >= 0.6 is 0 Å². The lowest BCUT2D eigenvalue weighted by Gasteiger charge is -2.35. The number of anilines is 1. The van der Waals surface area contributed by atoms with Crippen molar-refractivity contribution in [3.63, 3.8) is 0 Å². The summed E-state index contributed by atoms with van der Waals surface area (Å²) in [4.78, 5) is 17.9. The third-order valence-corrected chi connectivity index (χ3v) is 6.72. The molecule has 0 saturated heterocycles. The molecule has 32 heavy (non-hydrogen) atoms. The molecular formula is C29H24N2O. The van der Waals surface area contributed by atoms with E-state index in [0.717, 1.165) is 57.5 Å². The molecule has 1 N–H and O–H groups in total. The Bertz CT molecular complexity index is 1380. The van der Waals surface area contributed by atoms with Crippen LogP contribution in [0, 0.1) is 6.92 Å². The first-order valence-electron chi connectivity index (χ1n) is 11.3. The van der Waals surface area contributed by atoms with Crippen LogP contribution in [0.2, 0.25) is 0 Å². The SMILES string of the molecule is Cc1ccc2c3c(ccc2n1)NC1=C(C(=O)CCC1)[C@@H]3c1ccc(-c2ccccc2)cc1. The van der Waals surface area contributed by atoms with Gasteiger partial charge in [-0.2, -0.15) is 0 Å². The molecule has 3 nitrogen and oxygen atoms in total. The Kier molecular flexibility index (Phi) is 4.43. The number of carbonyl (C=O) groups is 1. The smallest absolute Gasteiger partial charge is 0.161 e. The molecule has 156 valence electrons. The van der Waals surface area contributed by atoms with E-state index >= 15 is 0 Å². The van der Waals surface area contributed by atoms with Crippen LogP contribution in [0.4, 0.5) is 5.69 Å². The molecule has 0 radical (unpaired) electrons. The van der Waals surface area contributed by atoms with Gasteiger partial charge >= 0.3 is 0 Å². The number of carbonyl (C=O) groups excluding carboxylic acids is 1. The van der Waals surface area contributed by atoms with E-state index in [1.165, 1.54) is 11.1 Å². The Hall–Kier alpha value is -3.72. The highest BCUT2D eigenvalue weighted by Crippen LogP contribution is 2.48. The summed E-state index contributed by atoms with van der Waals surface area (Å²) >= 11 is 0. The summed E-state index contributed by atoms with van der Waals surface area (Å²) in [6, 6.07) is 27.6. The van der Waals surface area contributed by atoms with E-state index in [2.05, 4.69) is 78.1 Å². The summed E-state index contributed by atoms with van der Waals surface area (Å²) in [5, 5.41) is 4.72. The molecule has 4 aromatic rings. The van der Waals surface area contributed by atoms with Gasteiger partial charge in [-0.25, -0.2) is 0 Å². The maximum absolute atomic E-state index is 13.2. The van der Waals surface area contributed by atoms with Gasteiger partial charge in [0.2, 0.25) is 0 Å². The van der Waals surface area contributed by atoms with Crippen molar-refractivity contribution < 1.29 is 4.79 Å². The number of Topliss-reactive ketones (excluding diaryl/α,β-unsaturated/α-hetero) is 1. The zero-order chi connectivity index (χ0) is 21.7. The molecule has 3 heteroatoms. The van der Waals surface area contributed by atoms with Crippen LogP contribution in [0.3, 0.4) is 0 Å². The summed E-state index contributed by atoms with van der Waals surface area (Å²) in [6.07, 6.45) is 2.45. The Labute approximate surface area is 187 Å². The number of hydrogen-bond donors (Lipinski definition) is 1. The van der Waals surface area contributed by atoms with Crippen molar-refractivity contribution in [1.82, 2.24) is 4.98 Å². The van der Waals surface area contributed by atoms with Crippen LogP contribution in [0.15, 0.2) is 90.1 Å². The molecule has 2 heterocycles. The Morgan fingerprint density at radius 2 is 1.62 bits per heavy atom. The first-order valence-corrected chi connectivity index (χ1v) is 11.3. The second kappa shape index (κ2) is 7.45. The largest absolute Gasteiger partial charge is 0.358 e. The molecule has 0 saturated carbocycles. The maximum Gasteiger partial charge on any atom is 0.161 e. The number of benzene rings is 3. The molecule has 6 rings (SSSR count). The number of fused-ring (bicyclic) bond motifs is 3. The summed E-state index contributed by atoms with van der Waals surface area (Å²) < 4.78 is 0. The van der Waals surface area contributed by atoms with E-state index in [9.17, 15) is 4.79 Å². The molecule has 0 spiro atoms. The number of ketones is 1. The van der Waals surface area contributed by atoms with E-state index in [4.69, 9.17) is 4.98 Å². The molecule has 1 aliphatic heterocycles. The molecule has 2 aliphatic rings. The lowest BCUT2D eigenvalue weighted by atomic mass is 9.74. The standard InChI is InChI=1S/C29H24N2O/c1-18-10-15-22-23(30-18)16-17-25-28(22)27(29-24(31-25)8-5-9-26(29)32)21-13-11-20(12-14-21)19-6-3-2-4-7-19/h2-4,6-7,10-17,27,31H,5,8-9H2,1H3/t27-/m1/s1. The number of aryl methyl sites for hydroxylation is 1. The molecule has 0 fully saturated rings. The van der Waals surface area contributed by atoms with Crippen LogP contribution < -0.4 is 5.32 Å². The van der Waals surface area contributed by atoms with Crippen molar-refractivity contribution in [3.8, 4) is 11.1 Å². The molecule has 1 aromatic heterocycles. The minimum atomic E-state index is -0.0768. The van der Waals surface area contributed by atoms with Gasteiger partial charge in [0, 0.05) is 40.4 Å². The van der Waals surface area contributed by atoms with Gasteiger partial charge in [-0.15, -0.1) is 0 Å². The second-order valence-electron chi connectivity index (χ2n) is 8.76. The predicted molar refractivity (Wildman–Crippen MR) is 130 cm³/mol. The highest BCUT2D eigenvalue weighted by molar-refractivity contribution is 6.03. The number of nitrogens with one attached hydrogen (secondary N) is 1. The number of pyridine rings is 1. The van der Waals surface area contributed by atoms with Crippen molar-refractivity contribution in [2.45, 2.75) is 32.1 Å². The van der Waals surface area contributed by atoms with Gasteiger partial charge in [0.15, 0.2) is 5.78 Å². The fourth-order valence-electron chi connectivity index (χ4n) is 5.22. The normalized spacial score (nSPS) is 17.7. The monoisotopic (exact) mass is 416 g/mol. The van der Waals surface area contributed by atoms with Crippen molar-refractivity contribution in [2.24, 2.45) is 0 Å². The van der Waals surface area contributed by atoms with E-state index < -0.39 is 0 Å². The van der Waals surface area contributed by atoms with Gasteiger partial charge in [-0.05, 0) is 60.2 Å². The van der Waals surface area contributed by atoms with Crippen LogP contribution in [0.25, 0.3) is 22.0 Å². The zero-order valence-electron chi connectivity index (χ0n) is 18.1. The van der Waals surface area contributed by atoms with Crippen LogP contribution in [0.1, 0.15) is 42.0 Å². The first-order chi connectivity index (χ1) is 15.7. The number of nitrogens with zero attached hydrogens (tertiary/aromatic N) is 1. The molecule has 1 atom stereocenters.